The van der Waals surface area contributed by atoms with Crippen molar-refractivity contribution in [1.82, 2.24) is 9.21 Å². The maximum atomic E-state index is 12.9. The minimum atomic E-state index is -3.65. The molecule has 0 spiro atoms. The predicted octanol–water partition coefficient (Wildman–Crippen LogP) is 3.56. The minimum Gasteiger partial charge on any atom is -0.337 e. The molecule has 7 heteroatoms. The topological polar surface area (TPSA) is 74.8 Å². The second-order valence-electron chi connectivity index (χ2n) is 7.96. The quantitative estimate of drug-likeness (QED) is 0.509. The van der Waals surface area contributed by atoms with Gasteiger partial charge in [-0.1, -0.05) is 50.2 Å². The van der Waals surface area contributed by atoms with Crippen LogP contribution in [0, 0.1) is 0 Å². The van der Waals surface area contributed by atoms with E-state index in [0.29, 0.717) is 24.6 Å². The summed E-state index contributed by atoms with van der Waals surface area (Å²) in [6.07, 6.45) is 3.32. The van der Waals surface area contributed by atoms with Crippen molar-refractivity contribution in [3.63, 3.8) is 0 Å². The van der Waals surface area contributed by atoms with Crippen molar-refractivity contribution in [2.24, 2.45) is 0 Å². The van der Waals surface area contributed by atoms with E-state index in [1.807, 2.05) is 12.1 Å². The van der Waals surface area contributed by atoms with Crippen LogP contribution in [0.4, 0.5) is 0 Å². The van der Waals surface area contributed by atoms with Crippen LogP contribution in [0.3, 0.4) is 0 Å². The van der Waals surface area contributed by atoms with E-state index in [4.69, 9.17) is 0 Å². The van der Waals surface area contributed by atoms with Crippen molar-refractivity contribution < 1.29 is 18.0 Å². The van der Waals surface area contributed by atoms with E-state index in [2.05, 4.69) is 26.0 Å². The molecule has 3 rings (SSSR count). The molecule has 31 heavy (non-hydrogen) atoms. The van der Waals surface area contributed by atoms with Gasteiger partial charge in [-0.15, -0.1) is 0 Å². The molecule has 1 aliphatic heterocycles. The number of Topliss-reactive ketones (excluding diaryl/α,β-unsaturated/α-hetero) is 1. The lowest BCUT2D eigenvalue weighted by Gasteiger charge is -2.33. The molecule has 1 fully saturated rings. The summed E-state index contributed by atoms with van der Waals surface area (Å²) in [5, 5.41) is 0. The monoisotopic (exact) mass is 440 g/mol. The van der Waals surface area contributed by atoms with E-state index in [1.54, 1.807) is 11.0 Å². The molecule has 6 nitrogen and oxygen atoms in total. The Bertz CT molecular complexity index is 1060. The molecule has 2 aromatic rings. The number of nitrogens with zero attached hydrogens (tertiary/aromatic N) is 2. The van der Waals surface area contributed by atoms with E-state index >= 15 is 0 Å². The number of carbonyl (C=O) groups is 2. The normalized spacial score (nSPS) is 15.5. The highest BCUT2D eigenvalue weighted by molar-refractivity contribution is 7.89. The van der Waals surface area contributed by atoms with Crippen molar-refractivity contribution >= 4 is 27.8 Å². The van der Waals surface area contributed by atoms with Crippen molar-refractivity contribution in [2.45, 2.75) is 31.6 Å². The zero-order chi connectivity index (χ0) is 22.6. The fourth-order valence-electron chi connectivity index (χ4n) is 3.42. The van der Waals surface area contributed by atoms with Gasteiger partial charge in [0.2, 0.25) is 15.9 Å². The lowest BCUT2D eigenvalue weighted by Crippen LogP contribution is -2.50. The fraction of sp³-hybridized carbons (Fsp3) is 0.333. The third kappa shape index (κ3) is 5.48. The van der Waals surface area contributed by atoms with Gasteiger partial charge in [0.15, 0.2) is 5.78 Å². The molecule has 0 saturated carbocycles. The maximum absolute atomic E-state index is 12.9. The smallest absolute Gasteiger partial charge is 0.246 e. The van der Waals surface area contributed by atoms with Crippen LogP contribution in [0.5, 0.6) is 0 Å². The van der Waals surface area contributed by atoms with Gasteiger partial charge < -0.3 is 4.90 Å². The Kier molecular flexibility index (Phi) is 7.08. The van der Waals surface area contributed by atoms with Crippen LogP contribution in [-0.2, 0) is 14.8 Å². The van der Waals surface area contributed by atoms with Crippen molar-refractivity contribution in [3.8, 4) is 0 Å². The highest BCUT2D eigenvalue weighted by atomic mass is 32.2. The van der Waals surface area contributed by atoms with Gasteiger partial charge in [0.05, 0.1) is 4.90 Å². The van der Waals surface area contributed by atoms with Crippen LogP contribution in [-0.4, -0.2) is 55.5 Å². The standard InChI is InChI=1S/C24H28N2O4S/c1-18(2)21-7-4-20(5-8-21)6-13-24(28)25-14-16-26(17-15-25)31(29,30)23-11-9-22(10-12-23)19(3)27/h4-13,18H,14-17H2,1-3H3/b13-6+. The largest absolute Gasteiger partial charge is 0.337 e. The van der Waals surface area contributed by atoms with E-state index < -0.39 is 10.0 Å². The van der Waals surface area contributed by atoms with Gasteiger partial charge in [0, 0.05) is 37.8 Å². The summed E-state index contributed by atoms with van der Waals surface area (Å²) in [4.78, 5) is 25.7. The SMILES string of the molecule is CC(=O)c1ccc(S(=O)(=O)N2CCN(C(=O)/C=C/c3ccc(C(C)C)cc3)CC2)cc1. The number of benzene rings is 2. The van der Waals surface area contributed by atoms with Gasteiger partial charge in [0.25, 0.3) is 0 Å². The first-order chi connectivity index (χ1) is 14.7. The Morgan fingerprint density at radius 3 is 2.00 bits per heavy atom. The number of sulfonamides is 1. The molecule has 0 aliphatic carbocycles. The first-order valence-electron chi connectivity index (χ1n) is 10.4. The second kappa shape index (κ2) is 9.58. The molecule has 0 radical (unpaired) electrons. The molecule has 0 N–H and O–H groups in total. The summed E-state index contributed by atoms with van der Waals surface area (Å²) in [5.41, 5.74) is 2.67. The van der Waals surface area contributed by atoms with Gasteiger partial charge in [0.1, 0.15) is 0 Å². The Morgan fingerprint density at radius 1 is 0.903 bits per heavy atom. The summed E-state index contributed by atoms with van der Waals surface area (Å²) in [7, 11) is -3.65. The summed E-state index contributed by atoms with van der Waals surface area (Å²) in [6.45, 7) is 6.85. The molecule has 1 aliphatic rings. The van der Waals surface area contributed by atoms with Crippen LogP contribution < -0.4 is 0 Å². The van der Waals surface area contributed by atoms with Crippen LogP contribution in [0.15, 0.2) is 59.5 Å². The number of piperazine rings is 1. The number of rotatable bonds is 6. The van der Waals surface area contributed by atoms with E-state index in [9.17, 15) is 18.0 Å². The first-order valence-corrected chi connectivity index (χ1v) is 11.8. The highest BCUT2D eigenvalue weighted by Gasteiger charge is 2.29. The Labute approximate surface area is 184 Å². The lowest BCUT2D eigenvalue weighted by atomic mass is 10.0. The van der Waals surface area contributed by atoms with Gasteiger partial charge in [-0.05, 0) is 42.2 Å². The molecule has 1 saturated heterocycles. The summed E-state index contributed by atoms with van der Waals surface area (Å²) >= 11 is 0. The van der Waals surface area contributed by atoms with Gasteiger partial charge in [-0.3, -0.25) is 9.59 Å². The zero-order valence-electron chi connectivity index (χ0n) is 18.1. The third-order valence-electron chi connectivity index (χ3n) is 5.47. The molecular formula is C24H28N2O4S. The zero-order valence-corrected chi connectivity index (χ0v) is 18.9. The Balaban J connectivity index is 1.59. The predicted molar refractivity (Wildman–Crippen MR) is 121 cm³/mol. The second-order valence-corrected chi connectivity index (χ2v) is 9.90. The maximum Gasteiger partial charge on any atom is 0.246 e. The highest BCUT2D eigenvalue weighted by Crippen LogP contribution is 2.19. The average molecular weight is 441 g/mol. The molecule has 0 atom stereocenters. The molecule has 0 aromatic heterocycles. The molecule has 0 bridgehead atoms. The molecular weight excluding hydrogens is 412 g/mol. The van der Waals surface area contributed by atoms with Crippen LogP contribution >= 0.6 is 0 Å². The van der Waals surface area contributed by atoms with Crippen LogP contribution in [0.2, 0.25) is 0 Å². The molecule has 164 valence electrons. The number of carbonyl (C=O) groups excluding carboxylic acids is 2. The van der Waals surface area contributed by atoms with Crippen molar-refractivity contribution in [3.05, 3.63) is 71.3 Å². The van der Waals surface area contributed by atoms with Crippen molar-refractivity contribution in [1.29, 1.82) is 0 Å². The van der Waals surface area contributed by atoms with E-state index in [-0.39, 0.29) is 29.7 Å². The lowest BCUT2D eigenvalue weighted by molar-refractivity contribution is -0.127. The summed E-state index contributed by atoms with van der Waals surface area (Å²) < 4.78 is 27.1. The fourth-order valence-corrected chi connectivity index (χ4v) is 4.85. The van der Waals surface area contributed by atoms with Crippen LogP contribution in [0.1, 0.15) is 48.2 Å². The van der Waals surface area contributed by atoms with Gasteiger partial charge in [-0.25, -0.2) is 8.42 Å². The first kappa shape index (κ1) is 22.9. The Morgan fingerprint density at radius 2 is 1.48 bits per heavy atom. The molecule has 1 heterocycles. The van der Waals surface area contributed by atoms with Crippen molar-refractivity contribution in [2.75, 3.05) is 26.2 Å². The van der Waals surface area contributed by atoms with E-state index in [0.717, 1.165) is 5.56 Å². The van der Waals surface area contributed by atoms with Crippen LogP contribution in [0.25, 0.3) is 6.08 Å². The van der Waals surface area contributed by atoms with E-state index in [1.165, 1.54) is 47.1 Å². The number of ketones is 1. The average Bonchev–Trinajstić information content (AvgIpc) is 2.77. The van der Waals surface area contributed by atoms with Gasteiger partial charge in [-0.2, -0.15) is 4.31 Å². The molecule has 1 amide bonds. The Hall–Kier alpha value is -2.77. The third-order valence-corrected chi connectivity index (χ3v) is 7.38. The number of amides is 1. The minimum absolute atomic E-state index is 0.111. The number of hydrogen-bond acceptors (Lipinski definition) is 4. The number of hydrogen-bond donors (Lipinski definition) is 0. The molecule has 2 aromatic carbocycles. The molecule has 0 unspecified atom stereocenters. The summed E-state index contributed by atoms with van der Waals surface area (Å²) in [5.74, 6) is 0.218. The summed E-state index contributed by atoms with van der Waals surface area (Å²) in [6, 6.07) is 14.0. The van der Waals surface area contributed by atoms with Gasteiger partial charge >= 0.3 is 0 Å².